The summed E-state index contributed by atoms with van der Waals surface area (Å²) in [6.07, 6.45) is 2.68. The van der Waals surface area contributed by atoms with E-state index < -0.39 is 0 Å². The second kappa shape index (κ2) is 15.2. The van der Waals surface area contributed by atoms with Crippen LogP contribution in [0.3, 0.4) is 0 Å². The van der Waals surface area contributed by atoms with E-state index in [1.165, 1.54) is 57.1 Å². The molecule has 2 heterocycles. The Morgan fingerprint density at radius 3 is 1.50 bits per heavy atom. The Kier molecular flexibility index (Phi) is 13.1. The third-order valence-electron chi connectivity index (χ3n) is 4.26. The van der Waals surface area contributed by atoms with Crippen molar-refractivity contribution in [1.29, 1.82) is 0 Å². The van der Waals surface area contributed by atoms with Crippen molar-refractivity contribution in [3.8, 4) is 0 Å². The van der Waals surface area contributed by atoms with E-state index in [0.717, 1.165) is 19.0 Å². The molecular formula is C22H28S8. The Morgan fingerprint density at radius 1 is 0.667 bits per heavy atom. The van der Waals surface area contributed by atoms with Gasteiger partial charge in [0.1, 0.15) is 0 Å². The summed E-state index contributed by atoms with van der Waals surface area (Å²) in [4.78, 5) is 4.81. The number of thioether (sulfide) groups is 6. The molecule has 2 saturated heterocycles. The van der Waals surface area contributed by atoms with E-state index in [-0.39, 0.29) is 0 Å². The molecule has 2 fully saturated rings. The molecule has 0 spiro atoms. The van der Waals surface area contributed by atoms with Crippen LogP contribution in [0.2, 0.25) is 0 Å². The van der Waals surface area contributed by atoms with Gasteiger partial charge in [0.05, 0.1) is 9.16 Å². The highest BCUT2D eigenvalue weighted by molar-refractivity contribution is 8.20. The minimum atomic E-state index is 0.853. The molecule has 0 unspecified atom stereocenters. The van der Waals surface area contributed by atoms with Crippen molar-refractivity contribution >= 4 is 95.8 Å². The first kappa shape index (κ1) is 25.9. The maximum atomic E-state index is 4.11. The monoisotopic (exact) mass is 548 g/mol. The molecule has 2 aromatic carbocycles. The molecule has 0 N–H and O–H groups in total. The van der Waals surface area contributed by atoms with Crippen LogP contribution >= 0.6 is 95.8 Å². The van der Waals surface area contributed by atoms with Gasteiger partial charge in [-0.05, 0) is 60.7 Å². The summed E-state index contributed by atoms with van der Waals surface area (Å²) in [6.45, 7) is 0. The highest BCUT2D eigenvalue weighted by Gasteiger charge is 2.16. The predicted molar refractivity (Wildman–Crippen MR) is 155 cm³/mol. The SMILES string of the molecule is Sc1cccc(S)c1.c1cc(SCCC2SCCS2)cc(SCCC2SCCS2)c1. The molecule has 2 aromatic rings. The average molecular weight is 549 g/mol. The molecule has 164 valence electrons. The van der Waals surface area contributed by atoms with E-state index in [4.69, 9.17) is 0 Å². The van der Waals surface area contributed by atoms with Crippen LogP contribution in [-0.4, -0.2) is 43.7 Å². The standard InChI is InChI=1S/C16H22S6.C6H6S2/c1-2-13(17-6-4-15-19-8-9-20-15)12-14(3-1)18-7-5-16-21-10-11-22-16;7-5-2-1-3-6(8)4-5/h1-3,12,15-16H,4-11H2;1-4,7-8H. The van der Waals surface area contributed by atoms with Gasteiger partial charge in [-0.25, -0.2) is 0 Å². The third kappa shape index (κ3) is 10.4. The maximum Gasteiger partial charge on any atom is 0.0511 e. The summed E-state index contributed by atoms with van der Waals surface area (Å²) >= 11 is 20.9. The molecule has 0 nitrogen and oxygen atoms in total. The number of rotatable bonds is 8. The zero-order valence-corrected chi connectivity index (χ0v) is 23.5. The van der Waals surface area contributed by atoms with Crippen LogP contribution in [0.5, 0.6) is 0 Å². The first-order valence-corrected chi connectivity index (χ1v) is 17.1. The molecule has 0 atom stereocenters. The summed E-state index contributed by atoms with van der Waals surface area (Å²) < 4.78 is 1.71. The molecule has 0 bridgehead atoms. The van der Waals surface area contributed by atoms with Crippen molar-refractivity contribution < 1.29 is 0 Å². The number of hydrogen-bond donors (Lipinski definition) is 2. The summed E-state index contributed by atoms with van der Waals surface area (Å²) in [5.41, 5.74) is 0. The molecule has 2 aliphatic heterocycles. The Bertz CT molecular complexity index is 687. The van der Waals surface area contributed by atoms with Crippen LogP contribution in [-0.2, 0) is 0 Å². The first-order valence-electron chi connectivity index (χ1n) is 9.99. The van der Waals surface area contributed by atoms with Gasteiger partial charge in [0, 0.05) is 42.6 Å². The third-order valence-corrected chi connectivity index (χ3v) is 13.2. The largest absolute Gasteiger partial charge is 0.147 e. The van der Waals surface area contributed by atoms with Gasteiger partial charge in [0.15, 0.2) is 0 Å². The van der Waals surface area contributed by atoms with E-state index >= 15 is 0 Å². The van der Waals surface area contributed by atoms with E-state index in [9.17, 15) is 0 Å². The minimum Gasteiger partial charge on any atom is -0.147 e. The van der Waals surface area contributed by atoms with Crippen molar-refractivity contribution in [2.45, 2.75) is 41.6 Å². The smallest absolute Gasteiger partial charge is 0.0511 e. The molecule has 4 rings (SSSR count). The Balaban J connectivity index is 0.000000269. The van der Waals surface area contributed by atoms with Crippen LogP contribution in [0.15, 0.2) is 68.1 Å². The molecular weight excluding hydrogens is 521 g/mol. The Morgan fingerprint density at radius 2 is 1.10 bits per heavy atom. The minimum absolute atomic E-state index is 0.853. The first-order chi connectivity index (χ1) is 14.7. The van der Waals surface area contributed by atoms with Gasteiger partial charge < -0.3 is 0 Å². The molecule has 0 aliphatic carbocycles. The molecule has 2 aliphatic rings. The number of hydrogen-bond acceptors (Lipinski definition) is 8. The second-order valence-electron chi connectivity index (χ2n) is 6.61. The normalized spacial score (nSPS) is 17.1. The van der Waals surface area contributed by atoms with Crippen molar-refractivity contribution in [1.82, 2.24) is 0 Å². The lowest BCUT2D eigenvalue weighted by Gasteiger charge is -2.09. The predicted octanol–water partition coefficient (Wildman–Crippen LogP) is 8.53. The van der Waals surface area contributed by atoms with Gasteiger partial charge in [-0.1, -0.05) is 12.1 Å². The van der Waals surface area contributed by atoms with Crippen molar-refractivity contribution in [2.75, 3.05) is 34.5 Å². The molecule has 0 saturated carbocycles. The van der Waals surface area contributed by atoms with Crippen molar-refractivity contribution in [2.24, 2.45) is 0 Å². The van der Waals surface area contributed by atoms with Crippen molar-refractivity contribution in [3.05, 3.63) is 48.5 Å². The summed E-state index contributed by atoms with van der Waals surface area (Å²) in [7, 11) is 0. The highest BCUT2D eigenvalue weighted by Crippen LogP contribution is 2.37. The fraction of sp³-hybridized carbons (Fsp3) is 0.455. The molecule has 0 amide bonds. The molecule has 8 heteroatoms. The maximum absolute atomic E-state index is 4.11. The van der Waals surface area contributed by atoms with E-state index in [2.05, 4.69) is 96.6 Å². The van der Waals surface area contributed by atoms with Crippen LogP contribution in [0, 0.1) is 0 Å². The summed E-state index contributed by atoms with van der Waals surface area (Å²) in [5.74, 6) is 7.92. The molecule has 0 radical (unpaired) electrons. The van der Waals surface area contributed by atoms with Gasteiger partial charge in [0.2, 0.25) is 0 Å². The van der Waals surface area contributed by atoms with Gasteiger partial charge in [-0.15, -0.1) is 95.8 Å². The van der Waals surface area contributed by atoms with Gasteiger partial charge in [0.25, 0.3) is 0 Å². The van der Waals surface area contributed by atoms with E-state index in [1.807, 2.05) is 47.8 Å². The van der Waals surface area contributed by atoms with Crippen molar-refractivity contribution in [3.63, 3.8) is 0 Å². The highest BCUT2D eigenvalue weighted by atomic mass is 32.2. The van der Waals surface area contributed by atoms with Crippen LogP contribution in [0.4, 0.5) is 0 Å². The lowest BCUT2D eigenvalue weighted by Crippen LogP contribution is -1.94. The summed E-state index contributed by atoms with van der Waals surface area (Å²) in [6, 6.07) is 16.8. The lowest BCUT2D eigenvalue weighted by atomic mass is 10.4. The Labute approximate surface area is 218 Å². The van der Waals surface area contributed by atoms with Gasteiger partial charge in [-0.2, -0.15) is 0 Å². The van der Waals surface area contributed by atoms with Crippen LogP contribution in [0.1, 0.15) is 12.8 Å². The summed E-state index contributed by atoms with van der Waals surface area (Å²) in [5, 5.41) is 0. The van der Waals surface area contributed by atoms with E-state index in [1.54, 1.807) is 0 Å². The fourth-order valence-corrected chi connectivity index (χ4v) is 11.7. The zero-order chi connectivity index (χ0) is 21.0. The zero-order valence-electron chi connectivity index (χ0n) is 16.8. The van der Waals surface area contributed by atoms with Gasteiger partial charge in [-0.3, -0.25) is 0 Å². The fourth-order valence-electron chi connectivity index (χ4n) is 2.84. The topological polar surface area (TPSA) is 0 Å². The van der Waals surface area contributed by atoms with Crippen LogP contribution < -0.4 is 0 Å². The quantitative estimate of drug-likeness (QED) is 0.249. The average Bonchev–Trinajstić information content (AvgIpc) is 3.43. The van der Waals surface area contributed by atoms with Gasteiger partial charge >= 0.3 is 0 Å². The number of benzene rings is 2. The molecule has 0 aromatic heterocycles. The lowest BCUT2D eigenvalue weighted by molar-refractivity contribution is 1.07. The van der Waals surface area contributed by atoms with Crippen LogP contribution in [0.25, 0.3) is 0 Å². The Hall–Kier alpha value is 1.24. The van der Waals surface area contributed by atoms with E-state index in [0.29, 0.717) is 0 Å². The second-order valence-corrected chi connectivity index (χ2v) is 15.8. The number of thiol groups is 2. The molecule has 30 heavy (non-hydrogen) atoms.